The zero-order chi connectivity index (χ0) is 25.5. The van der Waals surface area contributed by atoms with Crippen molar-refractivity contribution in [2.75, 3.05) is 6.61 Å². The highest BCUT2D eigenvalue weighted by Gasteiger charge is 2.01. The van der Waals surface area contributed by atoms with E-state index >= 15 is 0 Å². The second-order valence-corrected chi connectivity index (χ2v) is 10.9. The van der Waals surface area contributed by atoms with Gasteiger partial charge in [-0.25, -0.2) is 0 Å². The molecule has 0 aliphatic carbocycles. The summed E-state index contributed by atoms with van der Waals surface area (Å²) >= 11 is 0. The van der Waals surface area contributed by atoms with Crippen molar-refractivity contribution in [3.8, 4) is 0 Å². The van der Waals surface area contributed by atoms with Crippen molar-refractivity contribution >= 4 is 5.97 Å². The highest BCUT2D eigenvalue weighted by Crippen LogP contribution is 2.16. The first-order valence-corrected chi connectivity index (χ1v) is 16.1. The SMILES string of the molecule is C=CCOC(=O)CCCCCCCCCCCCCCCCCCCCCCCCCCCCC. The predicted octanol–water partition coefficient (Wildman–Crippen LogP) is 11.7. The average molecular weight is 493 g/mol. The van der Waals surface area contributed by atoms with E-state index in [4.69, 9.17) is 4.74 Å². The Kier molecular flexibility index (Phi) is 30.5. The zero-order valence-electron chi connectivity index (χ0n) is 24.1. The second kappa shape index (κ2) is 31.2. The van der Waals surface area contributed by atoms with Crippen LogP contribution in [-0.4, -0.2) is 12.6 Å². The number of carbonyl (C=O) groups excluding carboxylic acids is 1. The molecule has 0 atom stereocenters. The van der Waals surface area contributed by atoms with Crippen LogP contribution >= 0.6 is 0 Å². The summed E-state index contributed by atoms with van der Waals surface area (Å²) in [7, 11) is 0. The molecule has 0 aliphatic rings. The predicted molar refractivity (Wildman–Crippen MR) is 156 cm³/mol. The maximum Gasteiger partial charge on any atom is 0.306 e. The Bertz CT molecular complexity index is 417. The number of ether oxygens (including phenoxy) is 1. The van der Waals surface area contributed by atoms with E-state index < -0.39 is 0 Å². The molecule has 0 aromatic heterocycles. The molecule has 0 fully saturated rings. The van der Waals surface area contributed by atoms with Crippen LogP contribution in [0.1, 0.15) is 187 Å². The smallest absolute Gasteiger partial charge is 0.306 e. The van der Waals surface area contributed by atoms with E-state index in [2.05, 4.69) is 13.5 Å². The Balaban J connectivity index is 3.05. The second-order valence-electron chi connectivity index (χ2n) is 10.9. The molecular weight excluding hydrogens is 428 g/mol. The minimum atomic E-state index is -0.0792. The number of carbonyl (C=O) groups is 1. The van der Waals surface area contributed by atoms with Crippen LogP contribution in [0.3, 0.4) is 0 Å². The largest absolute Gasteiger partial charge is 0.461 e. The number of hydrogen-bond acceptors (Lipinski definition) is 2. The Labute approximate surface area is 221 Å². The molecule has 0 unspecified atom stereocenters. The van der Waals surface area contributed by atoms with Gasteiger partial charge in [-0.05, 0) is 6.42 Å². The molecule has 0 aromatic rings. The van der Waals surface area contributed by atoms with E-state index in [0.29, 0.717) is 13.0 Å². The summed E-state index contributed by atoms with van der Waals surface area (Å²) in [6.07, 6.45) is 40.2. The molecule has 0 aromatic carbocycles. The van der Waals surface area contributed by atoms with Crippen LogP contribution in [0.25, 0.3) is 0 Å². The van der Waals surface area contributed by atoms with Crippen LogP contribution in [0.2, 0.25) is 0 Å². The van der Waals surface area contributed by atoms with Crippen LogP contribution in [0, 0.1) is 0 Å². The highest BCUT2D eigenvalue weighted by molar-refractivity contribution is 5.69. The van der Waals surface area contributed by atoms with Crippen molar-refractivity contribution in [2.45, 2.75) is 187 Å². The van der Waals surface area contributed by atoms with Gasteiger partial charge in [-0.2, -0.15) is 0 Å². The third-order valence-corrected chi connectivity index (χ3v) is 7.35. The summed E-state index contributed by atoms with van der Waals surface area (Å²) in [6, 6.07) is 0. The van der Waals surface area contributed by atoms with Crippen molar-refractivity contribution in [1.29, 1.82) is 0 Å². The summed E-state index contributed by atoms with van der Waals surface area (Å²) in [4.78, 5) is 11.4. The summed E-state index contributed by atoms with van der Waals surface area (Å²) in [6.45, 7) is 6.20. The lowest BCUT2D eigenvalue weighted by Gasteiger charge is -2.04. The number of esters is 1. The number of rotatable bonds is 30. The molecule has 2 heteroatoms. The normalized spacial score (nSPS) is 11.1. The van der Waals surface area contributed by atoms with Gasteiger partial charge < -0.3 is 4.74 Å². The lowest BCUT2D eigenvalue weighted by atomic mass is 10.0. The number of unbranched alkanes of at least 4 members (excludes halogenated alkanes) is 26. The lowest BCUT2D eigenvalue weighted by molar-refractivity contribution is -0.142. The molecule has 0 saturated carbocycles. The molecule has 0 N–H and O–H groups in total. The summed E-state index contributed by atoms with van der Waals surface area (Å²) in [5.74, 6) is -0.0792. The molecule has 0 heterocycles. The molecule has 35 heavy (non-hydrogen) atoms. The van der Waals surface area contributed by atoms with Crippen LogP contribution < -0.4 is 0 Å². The third kappa shape index (κ3) is 31.2. The van der Waals surface area contributed by atoms with Gasteiger partial charge in [0.05, 0.1) is 0 Å². The topological polar surface area (TPSA) is 26.3 Å². The number of hydrogen-bond donors (Lipinski definition) is 0. The molecule has 0 radical (unpaired) electrons. The Morgan fingerprint density at radius 3 is 1.00 bits per heavy atom. The van der Waals surface area contributed by atoms with E-state index in [1.54, 1.807) is 6.08 Å². The van der Waals surface area contributed by atoms with Gasteiger partial charge in [-0.1, -0.05) is 187 Å². The molecule has 2 nitrogen and oxygen atoms in total. The highest BCUT2D eigenvalue weighted by atomic mass is 16.5. The molecule has 0 rings (SSSR count). The van der Waals surface area contributed by atoms with Gasteiger partial charge in [-0.3, -0.25) is 4.79 Å². The fourth-order valence-corrected chi connectivity index (χ4v) is 4.99. The van der Waals surface area contributed by atoms with Crippen molar-refractivity contribution in [3.63, 3.8) is 0 Å². The van der Waals surface area contributed by atoms with Crippen LogP contribution in [-0.2, 0) is 9.53 Å². The summed E-state index contributed by atoms with van der Waals surface area (Å²) in [5, 5.41) is 0. The van der Waals surface area contributed by atoms with Gasteiger partial charge in [0.2, 0.25) is 0 Å². The van der Waals surface area contributed by atoms with E-state index in [9.17, 15) is 4.79 Å². The Hall–Kier alpha value is -0.790. The first-order chi connectivity index (χ1) is 17.3. The zero-order valence-corrected chi connectivity index (χ0v) is 24.1. The molecule has 0 aliphatic heterocycles. The minimum Gasteiger partial charge on any atom is -0.461 e. The van der Waals surface area contributed by atoms with Gasteiger partial charge in [0, 0.05) is 6.42 Å². The Morgan fingerprint density at radius 2 is 0.743 bits per heavy atom. The van der Waals surface area contributed by atoms with Gasteiger partial charge in [-0.15, -0.1) is 0 Å². The van der Waals surface area contributed by atoms with Crippen LogP contribution in [0.15, 0.2) is 12.7 Å². The first-order valence-electron chi connectivity index (χ1n) is 16.1. The van der Waals surface area contributed by atoms with Gasteiger partial charge in [0.25, 0.3) is 0 Å². The van der Waals surface area contributed by atoms with E-state index in [-0.39, 0.29) is 5.97 Å². The van der Waals surface area contributed by atoms with Gasteiger partial charge >= 0.3 is 5.97 Å². The van der Waals surface area contributed by atoms with Gasteiger partial charge in [0.1, 0.15) is 6.61 Å². The molecule has 0 saturated heterocycles. The third-order valence-electron chi connectivity index (χ3n) is 7.35. The quantitative estimate of drug-likeness (QED) is 0.0566. The van der Waals surface area contributed by atoms with Crippen molar-refractivity contribution in [1.82, 2.24) is 0 Å². The van der Waals surface area contributed by atoms with Crippen molar-refractivity contribution in [3.05, 3.63) is 12.7 Å². The molecule has 0 spiro atoms. The standard InChI is InChI=1S/C33H64O2/c1-3-5-6-7-8-9-10-11-12-13-14-15-16-17-18-19-20-21-22-23-24-25-26-27-28-29-30-31-33(34)35-32-4-2/h4H,2-3,5-32H2,1H3. The van der Waals surface area contributed by atoms with Crippen LogP contribution in [0.4, 0.5) is 0 Å². The van der Waals surface area contributed by atoms with Crippen molar-refractivity contribution < 1.29 is 9.53 Å². The average Bonchev–Trinajstić information content (AvgIpc) is 2.87. The molecule has 0 bridgehead atoms. The van der Waals surface area contributed by atoms with E-state index in [0.717, 1.165) is 12.8 Å². The Morgan fingerprint density at radius 1 is 0.486 bits per heavy atom. The monoisotopic (exact) mass is 492 g/mol. The first kappa shape index (κ1) is 34.2. The van der Waals surface area contributed by atoms with Crippen LogP contribution in [0.5, 0.6) is 0 Å². The summed E-state index contributed by atoms with van der Waals surface area (Å²) < 4.78 is 4.99. The molecule has 0 amide bonds. The fourth-order valence-electron chi connectivity index (χ4n) is 4.99. The molecule has 208 valence electrons. The summed E-state index contributed by atoms with van der Waals surface area (Å²) in [5.41, 5.74) is 0. The maximum absolute atomic E-state index is 11.4. The van der Waals surface area contributed by atoms with Gasteiger partial charge in [0.15, 0.2) is 0 Å². The fraction of sp³-hybridized carbons (Fsp3) is 0.909. The molecular formula is C33H64O2. The maximum atomic E-state index is 11.4. The van der Waals surface area contributed by atoms with E-state index in [1.807, 2.05) is 0 Å². The van der Waals surface area contributed by atoms with E-state index in [1.165, 1.54) is 161 Å². The van der Waals surface area contributed by atoms with Crippen molar-refractivity contribution in [2.24, 2.45) is 0 Å². The lowest BCUT2D eigenvalue weighted by Crippen LogP contribution is -2.03. The minimum absolute atomic E-state index is 0.0792.